The van der Waals surface area contributed by atoms with Crippen LogP contribution in [0.25, 0.3) is 27.9 Å². The van der Waals surface area contributed by atoms with Crippen LogP contribution in [0.4, 0.5) is 14.7 Å². The summed E-state index contributed by atoms with van der Waals surface area (Å²) in [6.45, 7) is 9.76. The third-order valence-electron chi connectivity index (χ3n) is 6.83. The van der Waals surface area contributed by atoms with E-state index in [0.29, 0.717) is 12.3 Å². The van der Waals surface area contributed by atoms with Crippen molar-refractivity contribution in [1.29, 1.82) is 0 Å². The minimum atomic E-state index is -2.47. The summed E-state index contributed by atoms with van der Waals surface area (Å²) in [4.78, 5) is 15.3. The third-order valence-corrected chi connectivity index (χ3v) is 6.83. The molecule has 1 aliphatic rings. The molecule has 5 rings (SSSR count). The van der Waals surface area contributed by atoms with Crippen LogP contribution in [0.3, 0.4) is 0 Å². The van der Waals surface area contributed by atoms with E-state index in [4.69, 9.17) is 10.7 Å². The average molecular weight is 485 g/mol. The van der Waals surface area contributed by atoms with E-state index < -0.39 is 11.8 Å². The first-order chi connectivity index (χ1) is 16.6. The van der Waals surface area contributed by atoms with Crippen molar-refractivity contribution in [1.82, 2.24) is 34.0 Å². The highest BCUT2D eigenvalue weighted by molar-refractivity contribution is 5.82. The zero-order valence-electron chi connectivity index (χ0n) is 21.0. The zero-order valence-corrected chi connectivity index (χ0v) is 21.0. The van der Waals surface area contributed by atoms with Gasteiger partial charge in [0.1, 0.15) is 11.3 Å². The van der Waals surface area contributed by atoms with Gasteiger partial charge in [-0.15, -0.1) is 5.10 Å². The van der Waals surface area contributed by atoms with Crippen LogP contribution in [0.1, 0.15) is 39.4 Å². The minimum absolute atomic E-state index is 0.0752. The highest BCUT2D eigenvalue weighted by atomic mass is 19.3. The van der Waals surface area contributed by atoms with Crippen molar-refractivity contribution in [3.63, 3.8) is 0 Å². The van der Waals surface area contributed by atoms with Crippen molar-refractivity contribution >= 4 is 22.6 Å². The fourth-order valence-corrected chi connectivity index (χ4v) is 4.27. The van der Waals surface area contributed by atoms with Gasteiger partial charge in [0.15, 0.2) is 5.65 Å². The van der Waals surface area contributed by atoms with E-state index in [1.54, 1.807) is 29.6 Å². The molecule has 0 amide bonds. The number of rotatable bonds is 4. The van der Waals surface area contributed by atoms with Crippen molar-refractivity contribution in [2.45, 2.75) is 53.0 Å². The first-order valence-corrected chi connectivity index (χ1v) is 12.1. The fourth-order valence-electron chi connectivity index (χ4n) is 4.27. The predicted octanol–water partition coefficient (Wildman–Crippen LogP) is 4.67. The van der Waals surface area contributed by atoms with E-state index in [1.807, 2.05) is 31.3 Å². The summed E-state index contributed by atoms with van der Waals surface area (Å²) in [5.74, 6) is -1.08. The van der Waals surface area contributed by atoms with Gasteiger partial charge in [-0.1, -0.05) is 27.2 Å². The van der Waals surface area contributed by atoms with Crippen molar-refractivity contribution in [3.8, 4) is 11.3 Å². The number of likely N-dealkylation sites (tertiary alicyclic amines) is 1. The maximum atomic E-state index is 12.8. The Balaban J connectivity index is 0.000000243. The summed E-state index contributed by atoms with van der Waals surface area (Å²) in [7, 11) is 1.74. The Morgan fingerprint density at radius 2 is 2.00 bits per heavy atom. The molecule has 2 unspecified atom stereocenters. The fraction of sp³-hybridized carbons (Fsp3) is 0.520. The first-order valence-electron chi connectivity index (χ1n) is 12.1. The molecule has 1 saturated heterocycles. The van der Waals surface area contributed by atoms with E-state index >= 15 is 0 Å². The number of alkyl halides is 2. The Morgan fingerprint density at radius 1 is 1.23 bits per heavy atom. The van der Waals surface area contributed by atoms with Crippen LogP contribution in [-0.2, 0) is 6.54 Å². The first kappa shape index (κ1) is 25.0. The smallest absolute Gasteiger partial charge is 0.263 e. The summed E-state index contributed by atoms with van der Waals surface area (Å²) in [5.41, 5.74) is 10.3. The summed E-state index contributed by atoms with van der Waals surface area (Å²) in [6, 6.07) is 6.01. The lowest BCUT2D eigenvalue weighted by Crippen LogP contribution is -2.45. The molecule has 1 fully saturated rings. The van der Waals surface area contributed by atoms with Crippen molar-refractivity contribution in [3.05, 3.63) is 36.4 Å². The maximum absolute atomic E-state index is 12.8. The number of piperidine rings is 1. The molecule has 8 nitrogen and oxygen atoms in total. The van der Waals surface area contributed by atoms with Crippen LogP contribution in [0.5, 0.6) is 0 Å². The molecule has 0 aromatic carbocycles. The highest BCUT2D eigenvalue weighted by Gasteiger charge is 2.40. The van der Waals surface area contributed by atoms with Gasteiger partial charge in [-0.05, 0) is 51.1 Å². The molecular weight excluding hydrogens is 450 g/mol. The van der Waals surface area contributed by atoms with Crippen LogP contribution in [-0.4, -0.2) is 60.1 Å². The molecular formula is C25H34F2N8. The second kappa shape index (κ2) is 9.85. The van der Waals surface area contributed by atoms with Crippen molar-refractivity contribution in [2.75, 3.05) is 25.9 Å². The van der Waals surface area contributed by atoms with E-state index in [-0.39, 0.29) is 12.5 Å². The maximum Gasteiger partial charge on any atom is 0.263 e. The number of fused-ring (bicyclic) bond motifs is 2. The molecule has 10 heteroatoms. The van der Waals surface area contributed by atoms with Crippen LogP contribution in [0.15, 0.2) is 30.6 Å². The lowest BCUT2D eigenvalue weighted by atomic mass is 9.95. The largest absolute Gasteiger partial charge is 0.367 e. The highest BCUT2D eigenvalue weighted by Crippen LogP contribution is 2.31. The van der Waals surface area contributed by atoms with Gasteiger partial charge >= 0.3 is 0 Å². The van der Waals surface area contributed by atoms with Gasteiger partial charge in [-0.2, -0.15) is 0 Å². The number of halogens is 2. The Labute approximate surface area is 204 Å². The van der Waals surface area contributed by atoms with E-state index in [1.165, 1.54) is 0 Å². The summed E-state index contributed by atoms with van der Waals surface area (Å²) in [5, 5.41) is 4.19. The monoisotopic (exact) mass is 484 g/mol. The SMILES string of the molecule is CC1CCN(C)CC1(F)F.CCC(C)Cn1c(C)nc2ccc(-c3ccn4nc(N)ncc34)nc21. The molecule has 2 N–H and O–H groups in total. The minimum Gasteiger partial charge on any atom is -0.367 e. The van der Waals surface area contributed by atoms with E-state index in [9.17, 15) is 8.78 Å². The summed E-state index contributed by atoms with van der Waals surface area (Å²) >= 11 is 0. The number of nitrogens with two attached hydrogens (primary N) is 1. The second-order valence-corrected chi connectivity index (χ2v) is 9.69. The molecule has 0 radical (unpaired) electrons. The van der Waals surface area contributed by atoms with Crippen LogP contribution in [0.2, 0.25) is 0 Å². The Kier molecular flexibility index (Phi) is 7.02. The van der Waals surface area contributed by atoms with E-state index in [2.05, 4.69) is 33.5 Å². The lowest BCUT2D eigenvalue weighted by molar-refractivity contribution is -0.0985. The average Bonchev–Trinajstić information content (AvgIpc) is 3.36. The number of imidazole rings is 1. The van der Waals surface area contributed by atoms with Crippen molar-refractivity contribution < 1.29 is 8.78 Å². The molecule has 0 bridgehead atoms. The van der Waals surface area contributed by atoms with Gasteiger partial charge in [0.25, 0.3) is 5.92 Å². The summed E-state index contributed by atoms with van der Waals surface area (Å²) in [6.07, 6.45) is 5.34. The molecule has 0 saturated carbocycles. The van der Waals surface area contributed by atoms with Gasteiger partial charge in [0.2, 0.25) is 5.95 Å². The number of aryl methyl sites for hydroxylation is 1. The molecule has 5 heterocycles. The van der Waals surface area contributed by atoms with E-state index in [0.717, 1.165) is 53.3 Å². The number of pyridine rings is 1. The normalized spacial score (nSPS) is 19.0. The standard InChI is InChI=1S/C18H21N7.C7H13F2N/c1-4-11(2)10-24-12(3)21-15-6-5-14(22-17(15)24)13-7-8-25-16(13)9-20-18(19)23-25;1-6-3-4-10(2)5-7(6,8)9/h5-9,11H,4,10H2,1-3H3,(H2,19,23);6H,3-5H2,1-2H3. The molecule has 1 aliphatic heterocycles. The molecule has 4 aromatic heterocycles. The summed E-state index contributed by atoms with van der Waals surface area (Å²) < 4.78 is 29.5. The third kappa shape index (κ3) is 5.27. The second-order valence-electron chi connectivity index (χ2n) is 9.69. The number of nitrogen functional groups attached to an aromatic ring is 1. The Hall–Kier alpha value is -3.14. The van der Waals surface area contributed by atoms with Gasteiger partial charge in [-0.25, -0.2) is 28.2 Å². The van der Waals surface area contributed by atoms with Crippen LogP contribution < -0.4 is 5.73 Å². The number of anilines is 1. The van der Waals surface area contributed by atoms with Crippen LogP contribution in [0, 0.1) is 18.8 Å². The Morgan fingerprint density at radius 3 is 2.69 bits per heavy atom. The molecule has 35 heavy (non-hydrogen) atoms. The zero-order chi connectivity index (χ0) is 25.3. The molecule has 4 aromatic rings. The van der Waals surface area contributed by atoms with Gasteiger partial charge < -0.3 is 15.2 Å². The topological polar surface area (TPSA) is 90.2 Å². The number of aromatic nitrogens is 6. The molecule has 0 spiro atoms. The number of nitrogens with zero attached hydrogens (tertiary/aromatic N) is 7. The Bertz CT molecular complexity index is 1310. The lowest BCUT2D eigenvalue weighted by Gasteiger charge is -2.34. The predicted molar refractivity (Wildman–Crippen MR) is 134 cm³/mol. The van der Waals surface area contributed by atoms with Gasteiger partial charge in [0, 0.05) is 24.2 Å². The number of hydrogen-bond donors (Lipinski definition) is 1. The molecule has 2 atom stereocenters. The van der Waals surface area contributed by atoms with Crippen LogP contribution >= 0.6 is 0 Å². The number of hydrogen-bond acceptors (Lipinski definition) is 6. The molecule has 0 aliphatic carbocycles. The molecule has 188 valence electrons. The van der Waals surface area contributed by atoms with Crippen molar-refractivity contribution in [2.24, 2.45) is 11.8 Å². The van der Waals surface area contributed by atoms with Gasteiger partial charge in [-0.3, -0.25) is 0 Å². The van der Waals surface area contributed by atoms with Gasteiger partial charge in [0.05, 0.1) is 24.0 Å². The quantitative estimate of drug-likeness (QED) is 0.453.